The van der Waals surface area contributed by atoms with Crippen LogP contribution in [-0.2, 0) is 6.54 Å². The van der Waals surface area contributed by atoms with Crippen LogP contribution in [0.25, 0.3) is 5.69 Å². The monoisotopic (exact) mass is 366 g/mol. The van der Waals surface area contributed by atoms with Crippen molar-refractivity contribution in [1.82, 2.24) is 20.1 Å². The fourth-order valence-electron chi connectivity index (χ4n) is 2.59. The molecule has 1 N–H and O–H groups in total. The summed E-state index contributed by atoms with van der Waals surface area (Å²) < 4.78 is 2.01. The number of thioether (sulfide) groups is 1. The summed E-state index contributed by atoms with van der Waals surface area (Å²) in [7, 11) is 0. The van der Waals surface area contributed by atoms with E-state index >= 15 is 0 Å². The van der Waals surface area contributed by atoms with E-state index in [2.05, 4.69) is 22.4 Å². The van der Waals surface area contributed by atoms with Crippen LogP contribution in [0.2, 0.25) is 0 Å². The van der Waals surface area contributed by atoms with Crippen LogP contribution in [0.5, 0.6) is 0 Å². The van der Waals surface area contributed by atoms with E-state index in [-0.39, 0.29) is 5.91 Å². The molecule has 0 aliphatic carbocycles. The van der Waals surface area contributed by atoms with Crippen LogP contribution in [0.4, 0.5) is 0 Å². The minimum absolute atomic E-state index is 0.112. The topological polar surface area (TPSA) is 59.8 Å². The molecule has 26 heavy (non-hydrogen) atoms. The molecule has 0 bridgehead atoms. The molecule has 0 aliphatic rings. The van der Waals surface area contributed by atoms with Crippen LogP contribution >= 0.6 is 11.8 Å². The number of amides is 1. The first-order valence-electron chi connectivity index (χ1n) is 8.66. The second-order valence-electron chi connectivity index (χ2n) is 5.97. The van der Waals surface area contributed by atoms with Gasteiger partial charge in [0.25, 0.3) is 5.91 Å². The number of carbonyl (C=O) groups is 1. The van der Waals surface area contributed by atoms with Crippen LogP contribution in [-0.4, -0.2) is 26.4 Å². The van der Waals surface area contributed by atoms with Crippen molar-refractivity contribution in [2.75, 3.05) is 5.75 Å². The van der Waals surface area contributed by atoms with Gasteiger partial charge in [-0.1, -0.05) is 54.6 Å². The lowest BCUT2D eigenvalue weighted by atomic mass is 10.1. The van der Waals surface area contributed by atoms with Gasteiger partial charge in [0.1, 0.15) is 0 Å². The summed E-state index contributed by atoms with van der Waals surface area (Å²) in [6.07, 6.45) is 1.06. The number of aromatic nitrogens is 3. The number of hydrogen-bond donors (Lipinski definition) is 1. The third kappa shape index (κ3) is 4.32. The average molecular weight is 366 g/mol. The predicted molar refractivity (Wildman–Crippen MR) is 105 cm³/mol. The number of nitrogens with one attached hydrogen (secondary N) is 1. The Kier molecular flexibility index (Phi) is 6.07. The van der Waals surface area contributed by atoms with Gasteiger partial charge in [-0.05, 0) is 37.6 Å². The second kappa shape index (κ2) is 8.67. The van der Waals surface area contributed by atoms with Crippen LogP contribution in [0.3, 0.4) is 0 Å². The number of nitrogens with zero attached hydrogens (tertiary/aromatic N) is 3. The maximum atomic E-state index is 12.4. The summed E-state index contributed by atoms with van der Waals surface area (Å²) in [4.78, 5) is 12.4. The number of hydrogen-bond acceptors (Lipinski definition) is 4. The number of para-hydroxylation sites is 1. The highest BCUT2D eigenvalue weighted by Gasteiger charge is 2.15. The Bertz CT molecular complexity index is 877. The van der Waals surface area contributed by atoms with Gasteiger partial charge in [-0.3, -0.25) is 9.36 Å². The minimum atomic E-state index is -0.112. The van der Waals surface area contributed by atoms with E-state index in [1.165, 1.54) is 0 Å². The van der Waals surface area contributed by atoms with Gasteiger partial charge in [0.15, 0.2) is 11.0 Å². The number of rotatable bonds is 7. The molecule has 0 saturated heterocycles. The lowest BCUT2D eigenvalue weighted by Gasteiger charge is -2.11. The Balaban J connectivity index is 1.81. The van der Waals surface area contributed by atoms with Crippen molar-refractivity contribution >= 4 is 17.7 Å². The molecule has 3 rings (SSSR count). The molecular weight excluding hydrogens is 344 g/mol. The van der Waals surface area contributed by atoms with Crippen molar-refractivity contribution in [2.24, 2.45) is 0 Å². The first-order valence-corrected chi connectivity index (χ1v) is 9.65. The standard InChI is InChI=1S/C20H22N4OS/c1-3-12-26-20-23-22-18(24(20)17-10-5-4-6-11-17)14-21-19(25)16-9-7-8-15(2)13-16/h4-11,13H,3,12,14H2,1-2H3,(H,21,25). The molecule has 0 unspecified atom stereocenters. The molecular formula is C20H22N4OS. The fraction of sp³-hybridized carbons (Fsp3) is 0.250. The third-order valence-electron chi connectivity index (χ3n) is 3.84. The van der Waals surface area contributed by atoms with Gasteiger partial charge in [-0.2, -0.15) is 0 Å². The first kappa shape index (κ1) is 18.2. The first-order chi connectivity index (χ1) is 12.7. The quantitative estimate of drug-likeness (QED) is 0.642. The predicted octanol–water partition coefficient (Wildman–Crippen LogP) is 4.01. The Hall–Kier alpha value is -2.60. The van der Waals surface area contributed by atoms with Crippen LogP contribution in [0.15, 0.2) is 59.8 Å². The van der Waals surface area contributed by atoms with Crippen LogP contribution in [0.1, 0.15) is 35.1 Å². The third-order valence-corrected chi connectivity index (χ3v) is 4.97. The summed E-state index contributed by atoms with van der Waals surface area (Å²) in [5, 5.41) is 12.4. The van der Waals surface area contributed by atoms with E-state index < -0.39 is 0 Å². The smallest absolute Gasteiger partial charge is 0.251 e. The molecule has 0 atom stereocenters. The van der Waals surface area contributed by atoms with E-state index in [1.807, 2.05) is 66.1 Å². The van der Waals surface area contributed by atoms with Crippen molar-refractivity contribution in [1.29, 1.82) is 0 Å². The van der Waals surface area contributed by atoms with Crippen molar-refractivity contribution < 1.29 is 4.79 Å². The van der Waals surface area contributed by atoms with E-state index in [0.717, 1.165) is 34.4 Å². The molecule has 3 aromatic rings. The molecule has 134 valence electrons. The Morgan fingerprint density at radius 3 is 2.65 bits per heavy atom. The summed E-state index contributed by atoms with van der Waals surface area (Å²) in [6.45, 7) is 4.43. The molecule has 1 amide bonds. The van der Waals surface area contributed by atoms with Crippen molar-refractivity contribution in [2.45, 2.75) is 32.0 Å². The van der Waals surface area contributed by atoms with E-state index in [4.69, 9.17) is 0 Å². The summed E-state index contributed by atoms with van der Waals surface area (Å²) in [5.41, 5.74) is 2.70. The highest BCUT2D eigenvalue weighted by atomic mass is 32.2. The van der Waals surface area contributed by atoms with Gasteiger partial charge >= 0.3 is 0 Å². The molecule has 1 heterocycles. The Labute approximate surface area is 157 Å². The SMILES string of the molecule is CCCSc1nnc(CNC(=O)c2cccc(C)c2)n1-c1ccccc1. The molecule has 0 saturated carbocycles. The fourth-order valence-corrected chi connectivity index (χ4v) is 3.41. The lowest BCUT2D eigenvalue weighted by Crippen LogP contribution is -2.24. The molecule has 1 aromatic heterocycles. The van der Waals surface area contributed by atoms with Crippen molar-refractivity contribution in [3.63, 3.8) is 0 Å². The molecule has 2 aromatic carbocycles. The zero-order chi connectivity index (χ0) is 18.4. The van der Waals surface area contributed by atoms with E-state index in [1.54, 1.807) is 11.8 Å². The lowest BCUT2D eigenvalue weighted by molar-refractivity contribution is 0.0949. The molecule has 0 radical (unpaired) electrons. The van der Waals surface area contributed by atoms with Gasteiger partial charge < -0.3 is 5.32 Å². The normalized spacial score (nSPS) is 10.7. The van der Waals surface area contributed by atoms with Gasteiger partial charge in [0.05, 0.1) is 6.54 Å². The van der Waals surface area contributed by atoms with Gasteiger partial charge in [-0.15, -0.1) is 10.2 Å². The van der Waals surface area contributed by atoms with Gasteiger partial charge in [0.2, 0.25) is 0 Å². The van der Waals surface area contributed by atoms with Crippen molar-refractivity contribution in [3.8, 4) is 5.69 Å². The number of aryl methyl sites for hydroxylation is 1. The summed E-state index contributed by atoms with van der Waals surface area (Å²) in [6, 6.07) is 17.5. The molecule has 5 nitrogen and oxygen atoms in total. The number of carbonyl (C=O) groups excluding carboxylic acids is 1. The highest BCUT2D eigenvalue weighted by Crippen LogP contribution is 2.22. The second-order valence-corrected chi connectivity index (χ2v) is 7.03. The summed E-state index contributed by atoms with van der Waals surface area (Å²) in [5.74, 6) is 1.58. The molecule has 0 fully saturated rings. The van der Waals surface area contributed by atoms with Crippen LogP contribution in [0, 0.1) is 6.92 Å². The highest BCUT2D eigenvalue weighted by molar-refractivity contribution is 7.99. The van der Waals surface area contributed by atoms with Gasteiger partial charge in [0, 0.05) is 17.0 Å². The molecule has 6 heteroatoms. The maximum Gasteiger partial charge on any atom is 0.251 e. The average Bonchev–Trinajstić information content (AvgIpc) is 3.08. The Morgan fingerprint density at radius 2 is 1.92 bits per heavy atom. The van der Waals surface area contributed by atoms with Crippen LogP contribution < -0.4 is 5.32 Å². The Morgan fingerprint density at radius 1 is 1.12 bits per heavy atom. The largest absolute Gasteiger partial charge is 0.345 e. The zero-order valence-corrected chi connectivity index (χ0v) is 15.8. The molecule has 0 aliphatic heterocycles. The number of benzene rings is 2. The maximum absolute atomic E-state index is 12.4. The van der Waals surface area contributed by atoms with Crippen molar-refractivity contribution in [3.05, 3.63) is 71.5 Å². The molecule has 0 spiro atoms. The van der Waals surface area contributed by atoms with Gasteiger partial charge in [-0.25, -0.2) is 0 Å². The zero-order valence-electron chi connectivity index (χ0n) is 15.0. The minimum Gasteiger partial charge on any atom is -0.345 e. The summed E-state index contributed by atoms with van der Waals surface area (Å²) >= 11 is 1.67. The van der Waals surface area contributed by atoms with E-state index in [9.17, 15) is 4.79 Å². The van der Waals surface area contributed by atoms with E-state index in [0.29, 0.717) is 12.1 Å².